The molecule has 2 N–H and O–H groups in total. The SMILES string of the molecule is Cc1c(Cl)cccc1Nc1nc2cc(C#N)cc(C(=O)O)c2o1. The van der Waals surface area contributed by atoms with Crippen LogP contribution >= 0.6 is 11.6 Å². The Balaban J connectivity index is 2.10. The Morgan fingerprint density at radius 1 is 1.43 bits per heavy atom. The molecule has 0 aliphatic rings. The molecule has 3 aromatic rings. The molecule has 0 fully saturated rings. The van der Waals surface area contributed by atoms with Gasteiger partial charge >= 0.3 is 5.97 Å². The fourth-order valence-corrected chi connectivity index (χ4v) is 2.34. The summed E-state index contributed by atoms with van der Waals surface area (Å²) in [6.45, 7) is 1.84. The van der Waals surface area contributed by atoms with Crippen LogP contribution in [0.2, 0.25) is 5.02 Å². The smallest absolute Gasteiger partial charge is 0.339 e. The first-order valence-electron chi connectivity index (χ1n) is 6.59. The first-order valence-corrected chi connectivity index (χ1v) is 6.97. The Bertz CT molecular complexity index is 973. The van der Waals surface area contributed by atoms with E-state index in [0.717, 1.165) is 5.56 Å². The second-order valence-electron chi connectivity index (χ2n) is 4.85. The van der Waals surface area contributed by atoms with Gasteiger partial charge in [-0.05, 0) is 36.8 Å². The molecule has 0 aliphatic heterocycles. The predicted octanol–water partition coefficient (Wildman–Crippen LogP) is 4.10. The summed E-state index contributed by atoms with van der Waals surface area (Å²) in [5.41, 5.74) is 2.01. The van der Waals surface area contributed by atoms with Crippen LogP contribution in [0.25, 0.3) is 11.1 Å². The highest BCUT2D eigenvalue weighted by molar-refractivity contribution is 6.31. The summed E-state index contributed by atoms with van der Waals surface area (Å²) in [6, 6.07) is 10.1. The third-order valence-corrected chi connectivity index (χ3v) is 3.77. The van der Waals surface area contributed by atoms with Gasteiger partial charge in [0.2, 0.25) is 0 Å². The minimum atomic E-state index is -1.19. The zero-order valence-electron chi connectivity index (χ0n) is 11.9. The van der Waals surface area contributed by atoms with Crippen LogP contribution in [0.4, 0.5) is 11.7 Å². The number of carboxylic acids is 1. The Hall–Kier alpha value is -3.04. The topological polar surface area (TPSA) is 99.2 Å². The van der Waals surface area contributed by atoms with Gasteiger partial charge in [0.15, 0.2) is 5.58 Å². The number of rotatable bonds is 3. The Morgan fingerprint density at radius 3 is 2.91 bits per heavy atom. The van der Waals surface area contributed by atoms with Gasteiger partial charge < -0.3 is 14.8 Å². The molecule has 0 unspecified atom stereocenters. The van der Waals surface area contributed by atoms with E-state index < -0.39 is 5.97 Å². The number of halogens is 1. The van der Waals surface area contributed by atoms with Crippen molar-refractivity contribution < 1.29 is 14.3 Å². The van der Waals surface area contributed by atoms with Gasteiger partial charge in [-0.25, -0.2) is 4.79 Å². The zero-order chi connectivity index (χ0) is 16.6. The number of carboxylic acid groups (broad SMARTS) is 1. The highest BCUT2D eigenvalue weighted by atomic mass is 35.5. The maximum atomic E-state index is 11.3. The van der Waals surface area contributed by atoms with E-state index in [2.05, 4.69) is 10.3 Å². The fraction of sp³-hybridized carbons (Fsp3) is 0.0625. The number of benzene rings is 2. The van der Waals surface area contributed by atoms with E-state index in [1.807, 2.05) is 13.0 Å². The van der Waals surface area contributed by atoms with Crippen LogP contribution in [0.1, 0.15) is 21.5 Å². The fourth-order valence-electron chi connectivity index (χ4n) is 2.17. The lowest BCUT2D eigenvalue weighted by molar-refractivity contribution is 0.0698. The van der Waals surface area contributed by atoms with Crippen molar-refractivity contribution in [1.29, 1.82) is 5.26 Å². The molecule has 0 saturated heterocycles. The van der Waals surface area contributed by atoms with Crippen LogP contribution in [0.3, 0.4) is 0 Å². The standard InChI is InChI=1S/C16H10ClN3O3/c1-8-11(17)3-2-4-12(8)19-16-20-13-6-9(7-18)5-10(15(21)22)14(13)23-16/h2-6H,1H3,(H,19,20)(H,21,22). The third-order valence-electron chi connectivity index (χ3n) is 3.36. The van der Waals surface area contributed by atoms with Gasteiger partial charge in [-0.15, -0.1) is 0 Å². The quantitative estimate of drug-likeness (QED) is 0.751. The molecule has 0 spiro atoms. The molecule has 6 nitrogen and oxygen atoms in total. The highest BCUT2D eigenvalue weighted by Gasteiger charge is 2.17. The van der Waals surface area contributed by atoms with E-state index in [4.69, 9.17) is 21.3 Å². The molecule has 0 aliphatic carbocycles. The summed E-state index contributed by atoms with van der Waals surface area (Å²) in [5.74, 6) is -1.19. The molecular formula is C16H10ClN3O3. The number of nitrogens with zero attached hydrogens (tertiary/aromatic N) is 2. The predicted molar refractivity (Wildman–Crippen MR) is 85.2 cm³/mol. The lowest BCUT2D eigenvalue weighted by Crippen LogP contribution is -1.97. The van der Waals surface area contributed by atoms with Crippen molar-refractivity contribution in [3.05, 3.63) is 52.0 Å². The summed E-state index contributed by atoms with van der Waals surface area (Å²) < 4.78 is 5.50. The van der Waals surface area contributed by atoms with E-state index in [0.29, 0.717) is 16.2 Å². The largest absolute Gasteiger partial charge is 0.478 e. The van der Waals surface area contributed by atoms with E-state index >= 15 is 0 Å². The Morgan fingerprint density at radius 2 is 2.22 bits per heavy atom. The Labute approximate surface area is 135 Å². The van der Waals surface area contributed by atoms with Gasteiger partial charge in [-0.2, -0.15) is 10.2 Å². The highest BCUT2D eigenvalue weighted by Crippen LogP contribution is 2.29. The molecule has 0 saturated carbocycles. The van der Waals surface area contributed by atoms with Crippen molar-refractivity contribution in [2.24, 2.45) is 0 Å². The lowest BCUT2D eigenvalue weighted by Gasteiger charge is -2.06. The van der Waals surface area contributed by atoms with Crippen molar-refractivity contribution in [2.75, 3.05) is 5.32 Å². The van der Waals surface area contributed by atoms with E-state index in [1.54, 1.807) is 18.2 Å². The van der Waals surface area contributed by atoms with Gasteiger partial charge in [-0.3, -0.25) is 0 Å². The van der Waals surface area contributed by atoms with Crippen molar-refractivity contribution in [1.82, 2.24) is 4.98 Å². The van der Waals surface area contributed by atoms with Crippen LogP contribution < -0.4 is 5.32 Å². The third kappa shape index (κ3) is 2.70. The van der Waals surface area contributed by atoms with Crippen LogP contribution in [-0.2, 0) is 0 Å². The summed E-state index contributed by atoms with van der Waals surface area (Å²) >= 11 is 6.06. The molecule has 0 radical (unpaired) electrons. The van der Waals surface area contributed by atoms with E-state index in [-0.39, 0.29) is 22.7 Å². The minimum absolute atomic E-state index is 0.109. The molecule has 1 heterocycles. The normalized spacial score (nSPS) is 10.5. The molecule has 114 valence electrons. The second kappa shape index (κ2) is 5.63. The van der Waals surface area contributed by atoms with E-state index in [1.165, 1.54) is 12.1 Å². The van der Waals surface area contributed by atoms with Crippen LogP contribution in [-0.4, -0.2) is 16.1 Å². The molecule has 0 amide bonds. The van der Waals surface area contributed by atoms with Gasteiger partial charge in [0.25, 0.3) is 6.01 Å². The monoisotopic (exact) mass is 327 g/mol. The van der Waals surface area contributed by atoms with Crippen molar-refractivity contribution >= 4 is 40.4 Å². The number of aromatic nitrogens is 1. The summed E-state index contributed by atoms with van der Waals surface area (Å²) in [4.78, 5) is 15.5. The molecule has 3 rings (SSSR count). The lowest BCUT2D eigenvalue weighted by atomic mass is 10.1. The molecule has 0 bridgehead atoms. The summed E-state index contributed by atoms with van der Waals surface area (Å²) in [6.07, 6.45) is 0. The molecular weight excluding hydrogens is 318 g/mol. The summed E-state index contributed by atoms with van der Waals surface area (Å²) in [7, 11) is 0. The van der Waals surface area contributed by atoms with Crippen molar-refractivity contribution in [3.8, 4) is 6.07 Å². The number of nitrogens with one attached hydrogen (secondary N) is 1. The summed E-state index contributed by atoms with van der Waals surface area (Å²) in [5, 5.41) is 21.8. The maximum Gasteiger partial charge on any atom is 0.339 e. The Kier molecular flexibility index (Phi) is 3.64. The number of oxazole rings is 1. The average molecular weight is 328 g/mol. The van der Waals surface area contributed by atoms with Crippen LogP contribution in [0, 0.1) is 18.3 Å². The average Bonchev–Trinajstić information content (AvgIpc) is 2.92. The van der Waals surface area contributed by atoms with E-state index in [9.17, 15) is 9.90 Å². The number of hydrogen-bond donors (Lipinski definition) is 2. The number of nitriles is 1. The molecule has 23 heavy (non-hydrogen) atoms. The first kappa shape index (κ1) is 14.9. The number of aromatic carboxylic acids is 1. The number of anilines is 2. The zero-order valence-corrected chi connectivity index (χ0v) is 12.7. The van der Waals surface area contributed by atoms with Crippen LogP contribution in [0.15, 0.2) is 34.7 Å². The maximum absolute atomic E-state index is 11.3. The van der Waals surface area contributed by atoms with Crippen molar-refractivity contribution in [3.63, 3.8) is 0 Å². The van der Waals surface area contributed by atoms with Gasteiger partial charge in [-0.1, -0.05) is 17.7 Å². The number of hydrogen-bond acceptors (Lipinski definition) is 5. The molecule has 2 aromatic carbocycles. The second-order valence-corrected chi connectivity index (χ2v) is 5.25. The minimum Gasteiger partial charge on any atom is -0.478 e. The van der Waals surface area contributed by atoms with Gasteiger partial charge in [0.1, 0.15) is 11.1 Å². The molecule has 7 heteroatoms. The van der Waals surface area contributed by atoms with Gasteiger partial charge in [0, 0.05) is 10.7 Å². The number of carbonyl (C=O) groups is 1. The van der Waals surface area contributed by atoms with Gasteiger partial charge in [0.05, 0.1) is 11.6 Å². The van der Waals surface area contributed by atoms with Crippen LogP contribution in [0.5, 0.6) is 0 Å². The first-order chi connectivity index (χ1) is 11.0. The number of fused-ring (bicyclic) bond motifs is 1. The molecule has 0 atom stereocenters. The van der Waals surface area contributed by atoms with Crippen molar-refractivity contribution in [2.45, 2.75) is 6.92 Å². The molecule has 1 aromatic heterocycles.